The Labute approximate surface area is 165 Å². The second kappa shape index (κ2) is 9.11. The van der Waals surface area contributed by atoms with E-state index in [9.17, 15) is 17.6 Å². The van der Waals surface area contributed by atoms with Crippen LogP contribution in [0.3, 0.4) is 0 Å². The zero-order chi connectivity index (χ0) is 20.1. The Hall–Kier alpha value is -1.84. The molecule has 1 fully saturated rings. The molecule has 2 aromatic carbocycles. The molecule has 0 radical (unpaired) electrons. The van der Waals surface area contributed by atoms with E-state index in [1.54, 1.807) is 6.07 Å². The van der Waals surface area contributed by atoms with Gasteiger partial charge in [-0.15, -0.1) is 0 Å². The molecule has 4 heteroatoms. The van der Waals surface area contributed by atoms with Crippen molar-refractivity contribution in [3.63, 3.8) is 0 Å². The fourth-order valence-electron chi connectivity index (χ4n) is 4.37. The third-order valence-corrected chi connectivity index (χ3v) is 6.06. The Morgan fingerprint density at radius 3 is 2.00 bits per heavy atom. The zero-order valence-corrected chi connectivity index (χ0v) is 16.4. The number of benzene rings is 2. The second-order valence-electron chi connectivity index (χ2n) is 8.10. The molecule has 0 heterocycles. The molecule has 0 amide bonds. The van der Waals surface area contributed by atoms with Crippen molar-refractivity contribution in [3.05, 3.63) is 59.4 Å². The van der Waals surface area contributed by atoms with Gasteiger partial charge in [-0.1, -0.05) is 69.7 Å². The molecule has 3 rings (SSSR count). The highest BCUT2D eigenvalue weighted by Gasteiger charge is 2.30. The minimum atomic E-state index is -4.38. The summed E-state index contributed by atoms with van der Waals surface area (Å²) in [7, 11) is 0. The van der Waals surface area contributed by atoms with Gasteiger partial charge in [0.2, 0.25) is 0 Å². The highest BCUT2D eigenvalue weighted by atomic mass is 19.4. The Bertz CT molecular complexity index is 753. The van der Waals surface area contributed by atoms with Crippen molar-refractivity contribution < 1.29 is 17.6 Å². The standard InChI is InChI=1S/C24H28F4/c1-2-3-17-4-6-18(7-5-17)8-9-19-10-15-22(23(25)16-19)20-11-13-21(14-12-20)24(26,27)28/h10-18H,2-9H2,1H3. The molecule has 0 aromatic heterocycles. The number of halogens is 4. The minimum absolute atomic E-state index is 0.345. The molecule has 0 N–H and O–H groups in total. The highest BCUT2D eigenvalue weighted by molar-refractivity contribution is 5.64. The lowest BCUT2D eigenvalue weighted by atomic mass is 9.78. The number of aryl methyl sites for hydroxylation is 1. The predicted octanol–water partition coefficient (Wildman–Crippen LogP) is 8.05. The zero-order valence-electron chi connectivity index (χ0n) is 16.4. The quantitative estimate of drug-likeness (QED) is 0.436. The van der Waals surface area contributed by atoms with E-state index in [2.05, 4.69) is 6.92 Å². The molecule has 0 saturated heterocycles. The van der Waals surface area contributed by atoms with Crippen LogP contribution >= 0.6 is 0 Å². The Morgan fingerprint density at radius 1 is 0.857 bits per heavy atom. The summed E-state index contributed by atoms with van der Waals surface area (Å²) in [5.74, 6) is 1.25. The van der Waals surface area contributed by atoms with Crippen molar-refractivity contribution in [2.24, 2.45) is 11.8 Å². The van der Waals surface area contributed by atoms with E-state index in [1.807, 2.05) is 6.07 Å². The summed E-state index contributed by atoms with van der Waals surface area (Å²) in [6, 6.07) is 9.78. The number of hydrogen-bond acceptors (Lipinski definition) is 0. The largest absolute Gasteiger partial charge is 0.416 e. The van der Waals surface area contributed by atoms with Crippen LogP contribution in [-0.2, 0) is 12.6 Å². The Morgan fingerprint density at radius 2 is 1.46 bits per heavy atom. The predicted molar refractivity (Wildman–Crippen MR) is 106 cm³/mol. The van der Waals surface area contributed by atoms with Gasteiger partial charge >= 0.3 is 6.18 Å². The summed E-state index contributed by atoms with van der Waals surface area (Å²) in [4.78, 5) is 0. The van der Waals surface area contributed by atoms with Crippen molar-refractivity contribution >= 4 is 0 Å². The van der Waals surface area contributed by atoms with Crippen LogP contribution in [0.25, 0.3) is 11.1 Å². The fraction of sp³-hybridized carbons (Fsp3) is 0.500. The van der Waals surface area contributed by atoms with E-state index in [-0.39, 0.29) is 5.82 Å². The molecule has 28 heavy (non-hydrogen) atoms. The Balaban J connectivity index is 1.58. The SMILES string of the molecule is CCCC1CCC(CCc2ccc(-c3ccc(C(F)(F)F)cc3)c(F)c2)CC1. The van der Waals surface area contributed by atoms with E-state index < -0.39 is 11.7 Å². The minimum Gasteiger partial charge on any atom is -0.206 e. The van der Waals surface area contributed by atoms with Gasteiger partial charge in [0.05, 0.1) is 5.56 Å². The van der Waals surface area contributed by atoms with Gasteiger partial charge in [0.25, 0.3) is 0 Å². The molecule has 1 saturated carbocycles. The van der Waals surface area contributed by atoms with Crippen LogP contribution in [0.4, 0.5) is 17.6 Å². The monoisotopic (exact) mass is 392 g/mol. The molecule has 1 aliphatic carbocycles. The first-order valence-electron chi connectivity index (χ1n) is 10.3. The van der Waals surface area contributed by atoms with Gasteiger partial charge in [-0.3, -0.25) is 0 Å². The molecule has 0 nitrogen and oxygen atoms in total. The second-order valence-corrected chi connectivity index (χ2v) is 8.10. The van der Waals surface area contributed by atoms with Gasteiger partial charge in [-0.25, -0.2) is 4.39 Å². The highest BCUT2D eigenvalue weighted by Crippen LogP contribution is 2.35. The van der Waals surface area contributed by atoms with E-state index >= 15 is 0 Å². The van der Waals surface area contributed by atoms with Gasteiger partial charge in [-0.05, 0) is 54.0 Å². The van der Waals surface area contributed by atoms with Crippen LogP contribution in [0.5, 0.6) is 0 Å². The van der Waals surface area contributed by atoms with Gasteiger partial charge in [0.1, 0.15) is 5.82 Å². The molecule has 0 bridgehead atoms. The lowest BCUT2D eigenvalue weighted by Gasteiger charge is -2.28. The molecule has 0 atom stereocenters. The first kappa shape index (κ1) is 20.9. The van der Waals surface area contributed by atoms with E-state index in [0.717, 1.165) is 42.4 Å². The summed E-state index contributed by atoms with van der Waals surface area (Å²) < 4.78 is 52.6. The first-order valence-corrected chi connectivity index (χ1v) is 10.3. The van der Waals surface area contributed by atoms with Crippen LogP contribution in [-0.4, -0.2) is 0 Å². The number of hydrogen-bond donors (Lipinski definition) is 0. The molecule has 0 spiro atoms. The normalized spacial score (nSPS) is 20.3. The van der Waals surface area contributed by atoms with Crippen molar-refractivity contribution in [1.82, 2.24) is 0 Å². The molecule has 2 aromatic rings. The maximum Gasteiger partial charge on any atom is 0.416 e. The molecular formula is C24H28F4. The molecule has 1 aliphatic rings. The average Bonchev–Trinajstić information content (AvgIpc) is 2.67. The van der Waals surface area contributed by atoms with Crippen molar-refractivity contribution in [2.45, 2.75) is 64.5 Å². The van der Waals surface area contributed by atoms with Crippen LogP contribution < -0.4 is 0 Å². The number of alkyl halides is 3. The summed E-state index contributed by atoms with van der Waals surface area (Å²) in [5, 5.41) is 0. The van der Waals surface area contributed by atoms with Crippen LogP contribution in [0.15, 0.2) is 42.5 Å². The lowest BCUT2D eigenvalue weighted by Crippen LogP contribution is -2.15. The number of rotatable bonds is 6. The third-order valence-electron chi connectivity index (χ3n) is 6.06. The molecule has 152 valence electrons. The summed E-state index contributed by atoms with van der Waals surface area (Å²) in [5.41, 5.74) is 1.05. The summed E-state index contributed by atoms with van der Waals surface area (Å²) >= 11 is 0. The Kier molecular flexibility index (Phi) is 6.79. The van der Waals surface area contributed by atoms with E-state index in [1.165, 1.54) is 56.7 Å². The first-order chi connectivity index (χ1) is 13.4. The van der Waals surface area contributed by atoms with Crippen molar-refractivity contribution in [2.75, 3.05) is 0 Å². The summed E-state index contributed by atoms with van der Waals surface area (Å²) in [6.45, 7) is 2.25. The smallest absolute Gasteiger partial charge is 0.206 e. The van der Waals surface area contributed by atoms with Crippen LogP contribution in [0, 0.1) is 17.7 Å². The van der Waals surface area contributed by atoms with Gasteiger partial charge in [-0.2, -0.15) is 13.2 Å². The molecule has 0 unspecified atom stereocenters. The van der Waals surface area contributed by atoms with Crippen molar-refractivity contribution in [3.8, 4) is 11.1 Å². The molecular weight excluding hydrogens is 364 g/mol. The fourth-order valence-corrected chi connectivity index (χ4v) is 4.37. The maximum atomic E-state index is 14.5. The van der Waals surface area contributed by atoms with Gasteiger partial charge in [0, 0.05) is 5.56 Å². The van der Waals surface area contributed by atoms with Crippen LogP contribution in [0.1, 0.15) is 63.0 Å². The van der Waals surface area contributed by atoms with E-state index in [0.29, 0.717) is 11.1 Å². The average molecular weight is 392 g/mol. The van der Waals surface area contributed by atoms with Gasteiger partial charge < -0.3 is 0 Å². The lowest BCUT2D eigenvalue weighted by molar-refractivity contribution is -0.137. The topological polar surface area (TPSA) is 0 Å². The van der Waals surface area contributed by atoms with E-state index in [4.69, 9.17) is 0 Å². The van der Waals surface area contributed by atoms with Crippen molar-refractivity contribution in [1.29, 1.82) is 0 Å². The third kappa shape index (κ3) is 5.36. The molecule has 0 aliphatic heterocycles. The maximum absolute atomic E-state index is 14.5. The van der Waals surface area contributed by atoms with Crippen LogP contribution in [0.2, 0.25) is 0 Å². The summed E-state index contributed by atoms with van der Waals surface area (Å²) in [6.07, 6.45) is 5.35. The van der Waals surface area contributed by atoms with Gasteiger partial charge in [0.15, 0.2) is 0 Å².